The highest BCUT2D eigenvalue weighted by Gasteiger charge is 2.20. The largest absolute Gasteiger partial charge is 0.446 e. The summed E-state index contributed by atoms with van der Waals surface area (Å²) in [6, 6.07) is -0.236. The molecule has 0 bridgehead atoms. The molecule has 0 fully saturated rings. The lowest BCUT2D eigenvalue weighted by Gasteiger charge is -2.23. The Morgan fingerprint density at radius 2 is 1.57 bits per heavy atom. The summed E-state index contributed by atoms with van der Waals surface area (Å²) in [5, 5.41) is 11.8. The molecule has 0 aliphatic rings. The zero-order valence-electron chi connectivity index (χ0n) is 22.8. The van der Waals surface area contributed by atoms with Gasteiger partial charge in [-0.2, -0.15) is 0 Å². The van der Waals surface area contributed by atoms with Gasteiger partial charge >= 0.3 is 6.09 Å². The van der Waals surface area contributed by atoms with Crippen molar-refractivity contribution in [2.45, 2.75) is 117 Å². The molecule has 2 amide bonds. The molecule has 0 heterocycles. The van der Waals surface area contributed by atoms with E-state index in [-0.39, 0.29) is 24.7 Å². The Balaban J connectivity index is 4.03. The highest BCUT2D eigenvalue weighted by Crippen LogP contribution is 2.22. The summed E-state index contributed by atoms with van der Waals surface area (Å²) >= 11 is 0. The number of nitrogens with two attached hydrogens (primary N) is 1. The van der Waals surface area contributed by atoms with Crippen LogP contribution in [-0.4, -0.2) is 35.9 Å². The van der Waals surface area contributed by atoms with Crippen LogP contribution in [0.3, 0.4) is 0 Å². The van der Waals surface area contributed by atoms with Gasteiger partial charge in [0.05, 0.1) is 6.61 Å². The fourth-order valence-corrected chi connectivity index (χ4v) is 4.01. The molecule has 0 radical (unpaired) electrons. The SMILES string of the molecule is C=CCCCC[C@H](C)[C@@H](CCCCCCCC[C@@H](C)/C=C\C=C(/C)C(=O)N[C@@H](C)CO)OC(N)=O. The van der Waals surface area contributed by atoms with Crippen LogP contribution in [0, 0.1) is 11.8 Å². The molecule has 0 aromatic carbocycles. The van der Waals surface area contributed by atoms with Gasteiger partial charge in [-0.3, -0.25) is 4.79 Å². The van der Waals surface area contributed by atoms with Crippen molar-refractivity contribution in [3.05, 3.63) is 36.5 Å². The maximum atomic E-state index is 11.9. The summed E-state index contributed by atoms with van der Waals surface area (Å²) in [7, 11) is 0. The van der Waals surface area contributed by atoms with Crippen LogP contribution in [-0.2, 0) is 9.53 Å². The summed E-state index contributed by atoms with van der Waals surface area (Å²) in [5.74, 6) is 0.659. The van der Waals surface area contributed by atoms with E-state index in [0.29, 0.717) is 17.4 Å². The van der Waals surface area contributed by atoms with Crippen LogP contribution in [0.2, 0.25) is 0 Å². The number of primary amides is 1. The Kier molecular flexibility index (Phi) is 20.0. The molecule has 6 heteroatoms. The van der Waals surface area contributed by atoms with Crippen molar-refractivity contribution >= 4 is 12.0 Å². The fourth-order valence-electron chi connectivity index (χ4n) is 4.01. The summed E-state index contributed by atoms with van der Waals surface area (Å²) in [6.45, 7) is 11.6. The van der Waals surface area contributed by atoms with Gasteiger partial charge < -0.3 is 20.9 Å². The number of carbonyl (C=O) groups is 2. The van der Waals surface area contributed by atoms with Crippen molar-refractivity contribution in [2.24, 2.45) is 17.6 Å². The molecule has 0 aromatic heterocycles. The van der Waals surface area contributed by atoms with Crippen LogP contribution >= 0.6 is 0 Å². The highest BCUT2D eigenvalue weighted by atomic mass is 16.6. The zero-order valence-corrected chi connectivity index (χ0v) is 22.8. The van der Waals surface area contributed by atoms with Crippen LogP contribution in [0.4, 0.5) is 4.79 Å². The number of aliphatic hydroxyl groups is 1. The van der Waals surface area contributed by atoms with Gasteiger partial charge in [0, 0.05) is 11.6 Å². The Bertz CT molecular complexity index is 645. The van der Waals surface area contributed by atoms with Crippen molar-refractivity contribution in [1.29, 1.82) is 0 Å². The third-order valence-electron chi connectivity index (χ3n) is 6.41. The Hall–Kier alpha value is -2.08. The van der Waals surface area contributed by atoms with E-state index in [1.807, 2.05) is 18.2 Å². The van der Waals surface area contributed by atoms with Gasteiger partial charge in [0.1, 0.15) is 6.10 Å². The zero-order chi connectivity index (χ0) is 26.5. The number of nitrogens with one attached hydrogen (secondary N) is 1. The molecule has 0 saturated heterocycles. The molecule has 35 heavy (non-hydrogen) atoms. The first-order valence-electron chi connectivity index (χ1n) is 13.5. The minimum atomic E-state index is -0.665. The smallest absolute Gasteiger partial charge is 0.404 e. The van der Waals surface area contributed by atoms with Crippen LogP contribution < -0.4 is 11.1 Å². The second-order valence-corrected chi connectivity index (χ2v) is 9.99. The third-order valence-corrected chi connectivity index (χ3v) is 6.41. The van der Waals surface area contributed by atoms with Crippen LogP contribution in [0.15, 0.2) is 36.5 Å². The molecule has 0 rings (SSSR count). The molecule has 4 atom stereocenters. The minimum Gasteiger partial charge on any atom is -0.446 e. The first-order valence-corrected chi connectivity index (χ1v) is 13.5. The van der Waals surface area contributed by atoms with Gasteiger partial charge in [-0.15, -0.1) is 6.58 Å². The van der Waals surface area contributed by atoms with E-state index < -0.39 is 6.09 Å². The van der Waals surface area contributed by atoms with Gasteiger partial charge in [0.2, 0.25) is 5.91 Å². The summed E-state index contributed by atoms with van der Waals surface area (Å²) in [4.78, 5) is 23.2. The molecular formula is C29H52N2O4. The molecule has 0 aliphatic carbocycles. The molecule has 6 nitrogen and oxygen atoms in total. The maximum Gasteiger partial charge on any atom is 0.404 e. The monoisotopic (exact) mass is 492 g/mol. The normalized spacial score (nSPS) is 15.4. The predicted molar refractivity (Wildman–Crippen MR) is 146 cm³/mol. The summed E-state index contributed by atoms with van der Waals surface area (Å²) in [5.41, 5.74) is 5.93. The topological polar surface area (TPSA) is 102 Å². The minimum absolute atomic E-state index is 0.0635. The van der Waals surface area contributed by atoms with Crippen molar-refractivity contribution in [3.8, 4) is 0 Å². The molecule has 0 unspecified atom stereocenters. The second kappa shape index (κ2) is 21.2. The Morgan fingerprint density at radius 3 is 2.17 bits per heavy atom. The van der Waals surface area contributed by atoms with E-state index in [0.717, 1.165) is 51.4 Å². The highest BCUT2D eigenvalue weighted by molar-refractivity contribution is 5.93. The van der Waals surface area contributed by atoms with Gasteiger partial charge in [-0.05, 0) is 64.2 Å². The van der Waals surface area contributed by atoms with E-state index >= 15 is 0 Å². The Morgan fingerprint density at radius 1 is 0.971 bits per heavy atom. The molecule has 0 spiro atoms. The van der Waals surface area contributed by atoms with Crippen molar-refractivity contribution < 1.29 is 19.4 Å². The maximum absolute atomic E-state index is 11.9. The standard InChI is InChI=1S/C29H52N2O4/c1-6-7-8-14-19-24(3)27(35-29(30)34)21-15-12-10-9-11-13-17-23(2)18-16-20-25(4)28(33)31-26(5)22-32/h6,16,18,20,23-24,26-27,32H,1,7-15,17,19,21-22H2,2-5H3,(H2,30,34)(H,31,33)/b18-16-,25-20+/t23-,24+,26+,27-/m1/s1. The average molecular weight is 493 g/mol. The molecule has 0 aromatic rings. The molecule has 4 N–H and O–H groups in total. The second-order valence-electron chi connectivity index (χ2n) is 9.99. The van der Waals surface area contributed by atoms with Crippen LogP contribution in [0.25, 0.3) is 0 Å². The predicted octanol–water partition coefficient (Wildman–Crippen LogP) is 6.59. The van der Waals surface area contributed by atoms with Crippen molar-refractivity contribution in [2.75, 3.05) is 6.61 Å². The molecule has 0 aliphatic heterocycles. The Labute approximate surface area is 214 Å². The lowest BCUT2D eigenvalue weighted by Crippen LogP contribution is -2.35. The third kappa shape index (κ3) is 18.9. The molecule has 0 saturated carbocycles. The van der Waals surface area contributed by atoms with Crippen LogP contribution in [0.1, 0.15) is 105 Å². The van der Waals surface area contributed by atoms with Gasteiger partial charge in [0.25, 0.3) is 0 Å². The number of carbonyl (C=O) groups excluding carboxylic acids is 2. The number of unbranched alkanes of at least 4 members (excludes halogenated alkanes) is 7. The van der Waals surface area contributed by atoms with Crippen LogP contribution in [0.5, 0.6) is 0 Å². The first-order chi connectivity index (χ1) is 16.7. The van der Waals surface area contributed by atoms with Gasteiger partial charge in [-0.25, -0.2) is 4.79 Å². The summed E-state index contributed by atoms with van der Waals surface area (Å²) < 4.78 is 5.40. The van der Waals surface area contributed by atoms with Crippen molar-refractivity contribution in [1.82, 2.24) is 5.32 Å². The lowest BCUT2D eigenvalue weighted by molar-refractivity contribution is -0.118. The number of hydrogen-bond acceptors (Lipinski definition) is 4. The number of rotatable bonds is 21. The van der Waals surface area contributed by atoms with Gasteiger partial charge in [-0.1, -0.05) is 76.7 Å². The number of aliphatic hydroxyl groups excluding tert-OH is 1. The van der Waals surface area contributed by atoms with E-state index in [9.17, 15) is 9.59 Å². The number of allylic oxidation sites excluding steroid dienone is 4. The van der Waals surface area contributed by atoms with E-state index in [4.69, 9.17) is 15.6 Å². The lowest BCUT2D eigenvalue weighted by atomic mass is 9.93. The van der Waals surface area contributed by atoms with E-state index in [1.165, 1.54) is 25.7 Å². The summed E-state index contributed by atoms with van der Waals surface area (Å²) in [6.07, 6.45) is 20.5. The average Bonchev–Trinajstić information content (AvgIpc) is 2.81. The quantitative estimate of drug-likeness (QED) is 0.0728. The molecule has 202 valence electrons. The fraction of sp³-hybridized carbons (Fsp3) is 0.724. The number of hydrogen-bond donors (Lipinski definition) is 3. The number of ether oxygens (including phenoxy) is 1. The van der Waals surface area contributed by atoms with Gasteiger partial charge in [0.15, 0.2) is 0 Å². The van der Waals surface area contributed by atoms with E-state index in [1.54, 1.807) is 13.8 Å². The van der Waals surface area contributed by atoms with Crippen molar-refractivity contribution in [3.63, 3.8) is 0 Å². The van der Waals surface area contributed by atoms with E-state index in [2.05, 4.69) is 31.8 Å². The first kappa shape index (κ1) is 32.9. The molecular weight excluding hydrogens is 440 g/mol. The number of amides is 2.